The van der Waals surface area contributed by atoms with Crippen molar-refractivity contribution in [3.05, 3.63) is 20.8 Å². The van der Waals surface area contributed by atoms with E-state index in [9.17, 15) is 9.59 Å². The number of nitrogen functional groups attached to an aromatic ring is 1. The molecular formula is C13H24N4O3. The van der Waals surface area contributed by atoms with E-state index in [-0.39, 0.29) is 29.5 Å². The summed E-state index contributed by atoms with van der Waals surface area (Å²) in [6.07, 6.45) is 0. The van der Waals surface area contributed by atoms with Crippen molar-refractivity contribution >= 4 is 11.5 Å². The molecule has 4 N–H and O–H groups in total. The van der Waals surface area contributed by atoms with Crippen LogP contribution in [0.2, 0.25) is 0 Å². The van der Waals surface area contributed by atoms with Crippen LogP contribution in [-0.2, 0) is 11.3 Å². The minimum atomic E-state index is -0.529. The number of hydrogen-bond acceptors (Lipinski definition) is 5. The van der Waals surface area contributed by atoms with Crippen LogP contribution in [0.25, 0.3) is 0 Å². The van der Waals surface area contributed by atoms with Gasteiger partial charge in [0.05, 0.1) is 13.2 Å². The smallest absolute Gasteiger partial charge is 0.330 e. The van der Waals surface area contributed by atoms with E-state index in [1.165, 1.54) is 11.7 Å². The summed E-state index contributed by atoms with van der Waals surface area (Å²) in [5, 5.41) is 3.09. The van der Waals surface area contributed by atoms with Gasteiger partial charge in [-0.1, -0.05) is 20.8 Å². The first-order valence-corrected chi connectivity index (χ1v) is 6.56. The number of anilines is 2. The van der Waals surface area contributed by atoms with Gasteiger partial charge in [-0.25, -0.2) is 4.79 Å². The van der Waals surface area contributed by atoms with Gasteiger partial charge in [-0.15, -0.1) is 0 Å². The second kappa shape index (κ2) is 6.13. The molecule has 1 aromatic heterocycles. The van der Waals surface area contributed by atoms with Gasteiger partial charge in [0.1, 0.15) is 11.5 Å². The van der Waals surface area contributed by atoms with E-state index in [2.05, 4.69) is 31.1 Å². The molecule has 0 spiro atoms. The molecule has 0 radical (unpaired) electrons. The van der Waals surface area contributed by atoms with Crippen LogP contribution < -0.4 is 22.3 Å². The normalized spacial score (nSPS) is 13.2. The minimum Gasteiger partial charge on any atom is -0.383 e. The van der Waals surface area contributed by atoms with Crippen LogP contribution >= 0.6 is 0 Å². The molecule has 0 amide bonds. The molecule has 0 saturated carbocycles. The third-order valence-electron chi connectivity index (χ3n) is 3.42. The number of H-pyrrole nitrogens is 1. The molecule has 1 rings (SSSR count). The van der Waals surface area contributed by atoms with Crippen LogP contribution in [0.4, 0.5) is 11.5 Å². The van der Waals surface area contributed by atoms with Crippen molar-refractivity contribution in [2.75, 3.05) is 24.8 Å². The lowest BCUT2D eigenvalue weighted by atomic mass is 9.88. The Bertz CT molecular complexity index is 568. The molecule has 20 heavy (non-hydrogen) atoms. The highest BCUT2D eigenvalue weighted by atomic mass is 16.5. The van der Waals surface area contributed by atoms with E-state index in [0.717, 1.165) is 0 Å². The first kappa shape index (κ1) is 16.3. The molecule has 114 valence electrons. The molecule has 0 aliphatic heterocycles. The second-order valence-electron chi connectivity index (χ2n) is 5.90. The Morgan fingerprint density at radius 1 is 1.40 bits per heavy atom. The van der Waals surface area contributed by atoms with Crippen molar-refractivity contribution in [2.45, 2.75) is 40.3 Å². The van der Waals surface area contributed by atoms with Gasteiger partial charge in [0.25, 0.3) is 5.56 Å². The van der Waals surface area contributed by atoms with E-state index in [4.69, 9.17) is 10.5 Å². The number of nitrogens with two attached hydrogens (primary N) is 1. The molecule has 0 aliphatic carbocycles. The van der Waals surface area contributed by atoms with Crippen LogP contribution in [0.15, 0.2) is 9.59 Å². The Balaban J connectivity index is 3.20. The highest BCUT2D eigenvalue weighted by molar-refractivity contribution is 5.61. The lowest BCUT2D eigenvalue weighted by Crippen LogP contribution is -2.38. The van der Waals surface area contributed by atoms with Gasteiger partial charge < -0.3 is 15.8 Å². The van der Waals surface area contributed by atoms with E-state index in [1.54, 1.807) is 0 Å². The standard InChI is InChI=1S/C13H24N4O3/c1-8(13(2,3)4)15-9-10(14)17(6-7-20-5)12(19)16-11(9)18/h8,15H,6-7,14H2,1-5H3,(H,16,18,19). The first-order valence-electron chi connectivity index (χ1n) is 6.56. The zero-order valence-corrected chi connectivity index (χ0v) is 12.7. The fourth-order valence-electron chi connectivity index (χ4n) is 1.56. The third kappa shape index (κ3) is 3.63. The monoisotopic (exact) mass is 284 g/mol. The number of aromatic amines is 1. The van der Waals surface area contributed by atoms with E-state index in [1.807, 2.05) is 6.92 Å². The van der Waals surface area contributed by atoms with Crippen molar-refractivity contribution in [1.29, 1.82) is 0 Å². The van der Waals surface area contributed by atoms with Gasteiger partial charge in [0, 0.05) is 13.2 Å². The molecule has 0 bridgehead atoms. The number of hydrogen-bond donors (Lipinski definition) is 3. The Labute approximate surface area is 118 Å². The number of nitrogens with one attached hydrogen (secondary N) is 2. The SMILES string of the molecule is COCCn1c(N)c(NC(C)C(C)(C)C)c(=O)[nH]c1=O. The molecule has 1 heterocycles. The highest BCUT2D eigenvalue weighted by Crippen LogP contribution is 2.23. The molecule has 0 aromatic carbocycles. The van der Waals surface area contributed by atoms with Gasteiger partial charge in [-0.2, -0.15) is 0 Å². The van der Waals surface area contributed by atoms with Gasteiger partial charge in [0.2, 0.25) is 0 Å². The van der Waals surface area contributed by atoms with Gasteiger partial charge in [-0.3, -0.25) is 14.3 Å². The largest absolute Gasteiger partial charge is 0.383 e. The maximum atomic E-state index is 11.9. The zero-order valence-electron chi connectivity index (χ0n) is 12.7. The van der Waals surface area contributed by atoms with Crippen molar-refractivity contribution in [1.82, 2.24) is 9.55 Å². The van der Waals surface area contributed by atoms with Crippen LogP contribution in [-0.4, -0.2) is 29.3 Å². The Morgan fingerprint density at radius 3 is 2.50 bits per heavy atom. The topological polar surface area (TPSA) is 102 Å². The van der Waals surface area contributed by atoms with Crippen LogP contribution in [0, 0.1) is 5.41 Å². The van der Waals surface area contributed by atoms with E-state index >= 15 is 0 Å². The molecule has 0 saturated heterocycles. The van der Waals surface area contributed by atoms with E-state index in [0.29, 0.717) is 6.61 Å². The summed E-state index contributed by atoms with van der Waals surface area (Å²) in [6.45, 7) is 8.74. The minimum absolute atomic E-state index is 0.0132. The highest BCUT2D eigenvalue weighted by Gasteiger charge is 2.22. The third-order valence-corrected chi connectivity index (χ3v) is 3.42. The number of methoxy groups -OCH3 is 1. The van der Waals surface area contributed by atoms with Crippen molar-refractivity contribution in [2.24, 2.45) is 5.41 Å². The number of nitrogens with zero attached hydrogens (tertiary/aromatic N) is 1. The van der Waals surface area contributed by atoms with Crippen molar-refractivity contribution in [3.63, 3.8) is 0 Å². The Kier molecular flexibility index (Phi) is 4.99. The summed E-state index contributed by atoms with van der Waals surface area (Å²) in [5.41, 5.74) is 5.09. The molecule has 0 fully saturated rings. The predicted molar refractivity (Wildman–Crippen MR) is 80.2 cm³/mol. The van der Waals surface area contributed by atoms with Crippen LogP contribution in [0.5, 0.6) is 0 Å². The molecule has 7 heteroatoms. The van der Waals surface area contributed by atoms with Crippen molar-refractivity contribution in [3.8, 4) is 0 Å². The average molecular weight is 284 g/mol. The summed E-state index contributed by atoms with van der Waals surface area (Å²) in [7, 11) is 1.54. The lowest BCUT2D eigenvalue weighted by molar-refractivity contribution is 0.186. The first-order chi connectivity index (χ1) is 9.18. The van der Waals surface area contributed by atoms with Crippen LogP contribution in [0.1, 0.15) is 27.7 Å². The van der Waals surface area contributed by atoms with Crippen molar-refractivity contribution < 1.29 is 4.74 Å². The molecule has 1 atom stereocenters. The molecule has 7 nitrogen and oxygen atoms in total. The second-order valence-corrected chi connectivity index (χ2v) is 5.90. The van der Waals surface area contributed by atoms with Crippen LogP contribution in [0.3, 0.4) is 0 Å². The zero-order chi connectivity index (χ0) is 15.5. The quantitative estimate of drug-likeness (QED) is 0.735. The van der Waals surface area contributed by atoms with Gasteiger partial charge in [0.15, 0.2) is 0 Å². The Morgan fingerprint density at radius 2 is 2.00 bits per heavy atom. The molecule has 0 aliphatic rings. The molecule has 1 aromatic rings. The summed E-state index contributed by atoms with van der Waals surface area (Å²) < 4.78 is 6.23. The molecular weight excluding hydrogens is 260 g/mol. The summed E-state index contributed by atoms with van der Waals surface area (Å²) in [4.78, 5) is 25.9. The predicted octanol–water partition coefficient (Wildman–Crippen LogP) is 0.612. The fourth-order valence-corrected chi connectivity index (χ4v) is 1.56. The average Bonchev–Trinajstić information content (AvgIpc) is 2.32. The summed E-state index contributed by atoms with van der Waals surface area (Å²) in [5.74, 6) is 0.131. The van der Waals surface area contributed by atoms with Gasteiger partial charge >= 0.3 is 5.69 Å². The molecule has 1 unspecified atom stereocenters. The number of ether oxygens (including phenoxy) is 1. The number of aromatic nitrogens is 2. The number of rotatable bonds is 5. The maximum absolute atomic E-state index is 11.9. The van der Waals surface area contributed by atoms with E-state index < -0.39 is 11.2 Å². The summed E-state index contributed by atoms with van der Waals surface area (Å²) in [6, 6.07) is 0.0132. The Hall–Kier alpha value is -1.76. The lowest BCUT2D eigenvalue weighted by Gasteiger charge is -2.29. The fraction of sp³-hybridized carbons (Fsp3) is 0.692. The summed E-state index contributed by atoms with van der Waals surface area (Å²) >= 11 is 0. The maximum Gasteiger partial charge on any atom is 0.330 e. The van der Waals surface area contributed by atoms with Gasteiger partial charge in [-0.05, 0) is 12.3 Å².